The third-order valence-electron chi connectivity index (χ3n) is 5.37. The van der Waals surface area contributed by atoms with Gasteiger partial charge in [-0.25, -0.2) is 4.68 Å². The fourth-order valence-electron chi connectivity index (χ4n) is 3.59. The van der Waals surface area contributed by atoms with Crippen LogP contribution in [-0.4, -0.2) is 45.8 Å². The maximum Gasteiger partial charge on any atom is 0.270 e. The summed E-state index contributed by atoms with van der Waals surface area (Å²) in [6, 6.07) is 10.9. The molecular weight excluding hydrogens is 368 g/mol. The molecule has 2 aromatic heterocycles. The van der Waals surface area contributed by atoms with E-state index in [0.717, 1.165) is 22.3 Å². The highest BCUT2D eigenvalue weighted by molar-refractivity contribution is 5.98. The van der Waals surface area contributed by atoms with E-state index in [-0.39, 0.29) is 22.8 Å². The second kappa shape index (κ2) is 7.06. The number of aromatic amines is 1. The smallest absolute Gasteiger partial charge is 0.270 e. The predicted molar refractivity (Wildman–Crippen MR) is 111 cm³/mol. The van der Waals surface area contributed by atoms with Gasteiger partial charge in [-0.3, -0.25) is 9.59 Å². The second-order valence-electron chi connectivity index (χ2n) is 8.70. The number of H-pyrrole nitrogens is 1. The van der Waals surface area contributed by atoms with Gasteiger partial charge in [0.05, 0.1) is 19.3 Å². The summed E-state index contributed by atoms with van der Waals surface area (Å²) in [5.41, 5.74) is 2.11. The van der Waals surface area contributed by atoms with E-state index in [4.69, 9.17) is 4.74 Å². The molecule has 152 valence electrons. The molecule has 29 heavy (non-hydrogen) atoms. The van der Waals surface area contributed by atoms with Gasteiger partial charge < -0.3 is 14.6 Å². The Morgan fingerprint density at radius 1 is 1.21 bits per heavy atom. The first kappa shape index (κ1) is 19.2. The zero-order valence-corrected chi connectivity index (χ0v) is 17.2. The molecule has 7 nitrogen and oxygen atoms in total. The number of aromatic nitrogens is 3. The van der Waals surface area contributed by atoms with E-state index >= 15 is 0 Å². The van der Waals surface area contributed by atoms with E-state index in [0.29, 0.717) is 25.3 Å². The largest absolute Gasteiger partial charge is 0.497 e. The predicted octanol–water partition coefficient (Wildman–Crippen LogP) is 2.80. The van der Waals surface area contributed by atoms with E-state index in [9.17, 15) is 9.59 Å². The van der Waals surface area contributed by atoms with E-state index in [1.807, 2.05) is 24.3 Å². The summed E-state index contributed by atoms with van der Waals surface area (Å²) in [6.07, 6.45) is 0. The average Bonchev–Trinajstić information content (AvgIpc) is 3.07. The SMILES string of the molecule is COc1ccc2cc(C(=O)N3CC(Cn4nc(C(C)(C)C)ccc4=O)C3)[nH]c2c1. The highest BCUT2D eigenvalue weighted by Crippen LogP contribution is 2.25. The number of hydrogen-bond acceptors (Lipinski definition) is 4. The van der Waals surface area contributed by atoms with Gasteiger partial charge in [-0.05, 0) is 24.3 Å². The molecule has 7 heteroatoms. The first-order valence-electron chi connectivity index (χ1n) is 9.79. The number of benzene rings is 1. The molecule has 1 aliphatic rings. The van der Waals surface area contributed by atoms with Crippen molar-refractivity contribution in [2.75, 3.05) is 20.2 Å². The van der Waals surface area contributed by atoms with Gasteiger partial charge in [-0.2, -0.15) is 5.10 Å². The van der Waals surface area contributed by atoms with Crippen LogP contribution < -0.4 is 10.3 Å². The molecule has 3 aromatic rings. The van der Waals surface area contributed by atoms with Crippen molar-refractivity contribution < 1.29 is 9.53 Å². The van der Waals surface area contributed by atoms with Crippen LogP contribution in [0.2, 0.25) is 0 Å². The number of nitrogens with one attached hydrogen (secondary N) is 1. The highest BCUT2D eigenvalue weighted by atomic mass is 16.5. The van der Waals surface area contributed by atoms with E-state index in [1.54, 1.807) is 24.1 Å². The molecule has 0 aliphatic carbocycles. The Hall–Kier alpha value is -3.09. The number of nitrogens with zero attached hydrogens (tertiary/aromatic N) is 3. The summed E-state index contributed by atoms with van der Waals surface area (Å²) in [5, 5.41) is 5.49. The Kier molecular flexibility index (Phi) is 4.68. The standard InChI is InChI=1S/C22H26N4O3/c1-22(2,3)19-7-8-20(27)26(24-19)13-14-11-25(12-14)21(28)18-9-15-5-6-16(29-4)10-17(15)23-18/h5-10,14,23H,11-13H2,1-4H3. The molecule has 0 radical (unpaired) electrons. The Morgan fingerprint density at radius 2 is 1.97 bits per heavy atom. The monoisotopic (exact) mass is 394 g/mol. The molecule has 1 amide bonds. The van der Waals surface area contributed by atoms with Crippen molar-refractivity contribution in [3.8, 4) is 5.75 Å². The van der Waals surface area contributed by atoms with Crippen molar-refractivity contribution in [1.29, 1.82) is 0 Å². The fraction of sp³-hybridized carbons (Fsp3) is 0.409. The summed E-state index contributed by atoms with van der Waals surface area (Å²) in [4.78, 5) is 29.9. The summed E-state index contributed by atoms with van der Waals surface area (Å²) < 4.78 is 6.76. The molecule has 0 unspecified atom stereocenters. The van der Waals surface area contributed by atoms with Gasteiger partial charge in [0.15, 0.2) is 0 Å². The maximum absolute atomic E-state index is 12.8. The van der Waals surface area contributed by atoms with Crippen LogP contribution in [0.15, 0.2) is 41.2 Å². The van der Waals surface area contributed by atoms with Gasteiger partial charge in [0, 0.05) is 47.5 Å². The third kappa shape index (κ3) is 3.77. The topological polar surface area (TPSA) is 80.2 Å². The first-order valence-corrected chi connectivity index (χ1v) is 9.79. The van der Waals surface area contributed by atoms with Crippen LogP contribution in [0.1, 0.15) is 37.0 Å². The molecular formula is C22H26N4O3. The van der Waals surface area contributed by atoms with Crippen LogP contribution in [0, 0.1) is 5.92 Å². The number of methoxy groups -OCH3 is 1. The molecule has 0 bridgehead atoms. The normalized spacial score (nSPS) is 14.8. The number of rotatable bonds is 4. The molecule has 0 saturated carbocycles. The lowest BCUT2D eigenvalue weighted by Crippen LogP contribution is -2.52. The van der Waals surface area contributed by atoms with E-state index < -0.39 is 0 Å². The number of ether oxygens (including phenoxy) is 1. The Labute approximate surface area is 169 Å². The van der Waals surface area contributed by atoms with Gasteiger partial charge in [-0.1, -0.05) is 20.8 Å². The van der Waals surface area contributed by atoms with Crippen molar-refractivity contribution >= 4 is 16.8 Å². The lowest BCUT2D eigenvalue weighted by atomic mass is 9.92. The van der Waals surface area contributed by atoms with Crippen LogP contribution in [0.25, 0.3) is 10.9 Å². The molecule has 3 heterocycles. The van der Waals surface area contributed by atoms with Crippen LogP contribution in [0.4, 0.5) is 0 Å². The number of carbonyl (C=O) groups excluding carboxylic acids is 1. The highest BCUT2D eigenvalue weighted by Gasteiger charge is 2.32. The molecule has 1 aromatic carbocycles. The Morgan fingerprint density at radius 3 is 2.66 bits per heavy atom. The molecule has 1 fully saturated rings. The maximum atomic E-state index is 12.8. The number of fused-ring (bicyclic) bond motifs is 1. The van der Waals surface area contributed by atoms with E-state index in [1.165, 1.54) is 4.68 Å². The Balaban J connectivity index is 1.42. The van der Waals surface area contributed by atoms with Gasteiger partial charge in [0.2, 0.25) is 0 Å². The van der Waals surface area contributed by atoms with Gasteiger partial charge in [0.1, 0.15) is 11.4 Å². The van der Waals surface area contributed by atoms with Crippen molar-refractivity contribution in [2.45, 2.75) is 32.7 Å². The Bertz CT molecular complexity index is 1120. The summed E-state index contributed by atoms with van der Waals surface area (Å²) in [7, 11) is 1.62. The minimum absolute atomic E-state index is 0.0276. The van der Waals surface area contributed by atoms with Crippen molar-refractivity contribution in [3.05, 3.63) is 58.1 Å². The zero-order chi connectivity index (χ0) is 20.8. The third-order valence-corrected chi connectivity index (χ3v) is 5.37. The summed E-state index contributed by atoms with van der Waals surface area (Å²) in [6.45, 7) is 7.98. The molecule has 1 aliphatic heterocycles. The lowest BCUT2D eigenvalue weighted by Gasteiger charge is -2.39. The summed E-state index contributed by atoms with van der Waals surface area (Å²) in [5.74, 6) is 0.946. The zero-order valence-electron chi connectivity index (χ0n) is 17.2. The van der Waals surface area contributed by atoms with Crippen molar-refractivity contribution in [1.82, 2.24) is 19.7 Å². The minimum Gasteiger partial charge on any atom is -0.497 e. The van der Waals surface area contributed by atoms with Crippen LogP contribution in [0.3, 0.4) is 0 Å². The molecule has 1 saturated heterocycles. The van der Waals surface area contributed by atoms with Crippen LogP contribution >= 0.6 is 0 Å². The lowest BCUT2D eigenvalue weighted by molar-refractivity contribution is 0.0452. The van der Waals surface area contributed by atoms with Gasteiger partial charge >= 0.3 is 0 Å². The number of hydrogen-bond donors (Lipinski definition) is 1. The van der Waals surface area contributed by atoms with Crippen LogP contribution in [0.5, 0.6) is 5.75 Å². The molecule has 0 atom stereocenters. The van der Waals surface area contributed by atoms with Crippen molar-refractivity contribution in [2.24, 2.45) is 5.92 Å². The number of likely N-dealkylation sites (tertiary alicyclic amines) is 1. The van der Waals surface area contributed by atoms with Crippen LogP contribution in [-0.2, 0) is 12.0 Å². The number of carbonyl (C=O) groups is 1. The van der Waals surface area contributed by atoms with Gasteiger partial charge in [0.25, 0.3) is 11.5 Å². The van der Waals surface area contributed by atoms with Crippen molar-refractivity contribution in [3.63, 3.8) is 0 Å². The first-order chi connectivity index (χ1) is 13.7. The average molecular weight is 394 g/mol. The van der Waals surface area contributed by atoms with E-state index in [2.05, 4.69) is 30.9 Å². The molecule has 4 rings (SSSR count). The second-order valence-corrected chi connectivity index (χ2v) is 8.70. The van der Waals surface area contributed by atoms with Gasteiger partial charge in [-0.15, -0.1) is 0 Å². The molecule has 1 N–H and O–H groups in total. The minimum atomic E-state index is -0.116. The fourth-order valence-corrected chi connectivity index (χ4v) is 3.59. The molecule has 0 spiro atoms. The number of amides is 1. The summed E-state index contributed by atoms with van der Waals surface area (Å²) >= 11 is 0. The quantitative estimate of drug-likeness (QED) is 0.738.